The summed E-state index contributed by atoms with van der Waals surface area (Å²) in [7, 11) is 0. The van der Waals surface area contributed by atoms with Crippen molar-refractivity contribution in [3.05, 3.63) is 34.9 Å². The molecule has 34 heavy (non-hydrogen) atoms. The molecular weight excluding hydrogens is 442 g/mol. The Kier molecular flexibility index (Phi) is 5.75. The van der Waals surface area contributed by atoms with Gasteiger partial charge in [0.1, 0.15) is 11.6 Å². The summed E-state index contributed by atoms with van der Waals surface area (Å²) in [4.78, 5) is 64.7. The van der Waals surface area contributed by atoms with Crippen molar-refractivity contribution >= 4 is 29.7 Å². The third-order valence-corrected chi connectivity index (χ3v) is 6.54. The number of benzene rings is 1. The molecule has 0 spiro atoms. The summed E-state index contributed by atoms with van der Waals surface area (Å²) >= 11 is 0. The molecule has 1 aromatic rings. The van der Waals surface area contributed by atoms with E-state index in [-0.39, 0.29) is 49.4 Å². The second-order valence-corrected chi connectivity index (χ2v) is 10.2. The summed E-state index contributed by atoms with van der Waals surface area (Å²) in [5.74, 6) is -2.33. The molecule has 10 nitrogen and oxygen atoms in total. The number of nitrogens with zero attached hydrogens (tertiary/aromatic N) is 2. The van der Waals surface area contributed by atoms with Crippen molar-refractivity contribution in [1.82, 2.24) is 15.1 Å². The predicted molar refractivity (Wildman–Crippen MR) is 119 cm³/mol. The van der Waals surface area contributed by atoms with Crippen LogP contribution >= 0.6 is 0 Å². The molecule has 0 bridgehead atoms. The van der Waals surface area contributed by atoms with Gasteiger partial charge in [0.25, 0.3) is 11.8 Å². The van der Waals surface area contributed by atoms with Crippen LogP contribution in [0.1, 0.15) is 79.7 Å². The quantitative estimate of drug-likeness (QED) is 0.627. The first kappa shape index (κ1) is 23.9. The Morgan fingerprint density at radius 2 is 1.82 bits per heavy atom. The Bertz CT molecular complexity index is 1090. The lowest BCUT2D eigenvalue weighted by molar-refractivity contribution is -0.136. The molecule has 0 saturated carbocycles. The molecule has 5 amide bonds. The Morgan fingerprint density at radius 1 is 1.15 bits per heavy atom. The van der Waals surface area contributed by atoms with Crippen molar-refractivity contribution < 1.29 is 33.8 Å². The largest absolute Gasteiger partial charge is 0.444 e. The number of carbonyl (C=O) groups excluding carboxylic acids is 5. The minimum absolute atomic E-state index is 0.0425. The summed E-state index contributed by atoms with van der Waals surface area (Å²) in [5, 5.41) is 13.6. The van der Waals surface area contributed by atoms with Crippen molar-refractivity contribution in [3.63, 3.8) is 0 Å². The molecule has 0 aliphatic carbocycles. The van der Waals surface area contributed by atoms with E-state index in [0.29, 0.717) is 5.56 Å². The van der Waals surface area contributed by atoms with Crippen molar-refractivity contribution in [3.8, 4) is 0 Å². The first-order chi connectivity index (χ1) is 15.8. The van der Waals surface area contributed by atoms with E-state index in [1.807, 2.05) is 6.92 Å². The molecular formula is C24H29N3O7. The maximum atomic E-state index is 13.1. The van der Waals surface area contributed by atoms with Gasteiger partial charge in [0, 0.05) is 25.4 Å². The van der Waals surface area contributed by atoms with E-state index in [2.05, 4.69) is 5.32 Å². The van der Waals surface area contributed by atoms with Gasteiger partial charge in [-0.05, 0) is 58.2 Å². The van der Waals surface area contributed by atoms with Gasteiger partial charge in [-0.2, -0.15) is 0 Å². The first-order valence-corrected chi connectivity index (χ1v) is 11.4. The normalized spacial score (nSPS) is 27.6. The minimum Gasteiger partial charge on any atom is -0.444 e. The van der Waals surface area contributed by atoms with Gasteiger partial charge < -0.3 is 14.7 Å². The number of aliphatic hydroxyl groups is 1. The zero-order valence-electron chi connectivity index (χ0n) is 19.7. The molecule has 10 heteroatoms. The average molecular weight is 472 g/mol. The highest BCUT2D eigenvalue weighted by Gasteiger charge is 2.46. The van der Waals surface area contributed by atoms with E-state index in [9.17, 15) is 29.1 Å². The van der Waals surface area contributed by atoms with Crippen molar-refractivity contribution in [2.45, 2.75) is 76.7 Å². The molecule has 3 aliphatic rings. The van der Waals surface area contributed by atoms with E-state index in [4.69, 9.17) is 4.74 Å². The maximum absolute atomic E-state index is 13.1. The number of rotatable bonds is 2. The van der Waals surface area contributed by atoms with Crippen LogP contribution in [0.4, 0.5) is 4.79 Å². The highest BCUT2D eigenvalue weighted by molar-refractivity contribution is 6.23. The Hall–Kier alpha value is -3.27. The molecule has 4 rings (SSSR count). The van der Waals surface area contributed by atoms with E-state index >= 15 is 0 Å². The number of hydrogen-bond donors (Lipinski definition) is 2. The van der Waals surface area contributed by atoms with Crippen LogP contribution in [0, 0.1) is 0 Å². The summed E-state index contributed by atoms with van der Waals surface area (Å²) in [6.07, 6.45) is 0.126. The molecule has 3 unspecified atom stereocenters. The number of piperidine rings is 2. The number of likely N-dealkylation sites (tertiary alicyclic amines) is 1. The highest BCUT2D eigenvalue weighted by Crippen LogP contribution is 2.38. The van der Waals surface area contributed by atoms with Crippen LogP contribution in [0.25, 0.3) is 0 Å². The fraction of sp³-hybridized carbons (Fsp3) is 0.542. The van der Waals surface area contributed by atoms with Gasteiger partial charge in [0.2, 0.25) is 11.8 Å². The number of ether oxygens (including phenoxy) is 1. The number of carbonyl (C=O) groups is 5. The zero-order valence-corrected chi connectivity index (χ0v) is 19.7. The third-order valence-electron chi connectivity index (χ3n) is 6.54. The van der Waals surface area contributed by atoms with Crippen LogP contribution in [-0.2, 0) is 19.9 Å². The number of hydrogen-bond acceptors (Lipinski definition) is 7. The maximum Gasteiger partial charge on any atom is 0.410 e. The topological polar surface area (TPSA) is 133 Å². The van der Waals surface area contributed by atoms with Gasteiger partial charge in [-0.25, -0.2) is 4.79 Å². The zero-order chi connectivity index (χ0) is 25.0. The highest BCUT2D eigenvalue weighted by atomic mass is 16.6. The van der Waals surface area contributed by atoms with Gasteiger partial charge in [-0.15, -0.1) is 0 Å². The van der Waals surface area contributed by atoms with Gasteiger partial charge in [0.15, 0.2) is 0 Å². The smallest absolute Gasteiger partial charge is 0.410 e. The van der Waals surface area contributed by atoms with Gasteiger partial charge >= 0.3 is 6.09 Å². The van der Waals surface area contributed by atoms with Crippen molar-refractivity contribution in [2.24, 2.45) is 0 Å². The molecule has 3 aliphatic heterocycles. The second kappa shape index (κ2) is 8.19. The van der Waals surface area contributed by atoms with Crippen molar-refractivity contribution in [1.29, 1.82) is 0 Å². The van der Waals surface area contributed by atoms with Crippen LogP contribution in [-0.4, -0.2) is 68.9 Å². The molecule has 0 aromatic heterocycles. The molecule has 3 atom stereocenters. The van der Waals surface area contributed by atoms with Crippen LogP contribution in [0.15, 0.2) is 18.2 Å². The van der Waals surface area contributed by atoms with Gasteiger partial charge in [-0.1, -0.05) is 6.07 Å². The molecule has 2 N–H and O–H groups in total. The summed E-state index contributed by atoms with van der Waals surface area (Å²) < 4.78 is 5.46. The van der Waals surface area contributed by atoms with E-state index in [1.165, 1.54) is 12.1 Å². The predicted octanol–water partition coefficient (Wildman–Crippen LogP) is 1.69. The second-order valence-electron chi connectivity index (χ2n) is 10.2. The van der Waals surface area contributed by atoms with Gasteiger partial charge in [-0.3, -0.25) is 29.4 Å². The molecule has 2 fully saturated rings. The van der Waals surface area contributed by atoms with Crippen LogP contribution in [0.2, 0.25) is 0 Å². The van der Waals surface area contributed by atoms with Crippen LogP contribution < -0.4 is 5.32 Å². The summed E-state index contributed by atoms with van der Waals surface area (Å²) in [5.41, 5.74) is -1.21. The van der Waals surface area contributed by atoms with Crippen LogP contribution in [0.3, 0.4) is 0 Å². The lowest BCUT2D eigenvalue weighted by Crippen LogP contribution is -2.54. The van der Waals surface area contributed by atoms with E-state index < -0.39 is 47.0 Å². The SMILES string of the molecule is CC1CC(O)(c2ccc3c(c2)C(=O)N(C2CCC(=O)NC2=O)C3=O)CCN1C(=O)OC(C)(C)C. The lowest BCUT2D eigenvalue weighted by atomic mass is 9.80. The first-order valence-electron chi connectivity index (χ1n) is 11.4. The summed E-state index contributed by atoms with van der Waals surface area (Å²) in [6.45, 7) is 7.45. The molecule has 1 aromatic carbocycles. The standard InChI is InChI=1S/C24H29N3O7/c1-13-12-24(33,9-10-26(13)22(32)34-23(2,3)4)14-5-6-15-16(11-14)21(31)27(20(15)30)17-7-8-18(28)25-19(17)29/h5-6,11,13,17,33H,7-10,12H2,1-4H3,(H,25,28,29). The fourth-order valence-electron chi connectivity index (χ4n) is 4.84. The number of amides is 5. The van der Waals surface area contributed by atoms with Crippen LogP contribution in [0.5, 0.6) is 0 Å². The monoisotopic (exact) mass is 471 g/mol. The minimum atomic E-state index is -1.31. The molecule has 182 valence electrons. The Labute approximate surface area is 197 Å². The number of nitrogens with one attached hydrogen (secondary N) is 1. The van der Waals surface area contributed by atoms with E-state index in [0.717, 1.165) is 4.90 Å². The number of fused-ring (bicyclic) bond motifs is 1. The summed E-state index contributed by atoms with van der Waals surface area (Å²) in [6, 6.07) is 3.22. The molecule has 3 heterocycles. The van der Waals surface area contributed by atoms with E-state index in [1.54, 1.807) is 31.7 Å². The number of imide groups is 2. The average Bonchev–Trinajstić information content (AvgIpc) is 2.97. The van der Waals surface area contributed by atoms with Gasteiger partial charge in [0.05, 0.1) is 16.7 Å². The Morgan fingerprint density at radius 3 is 2.44 bits per heavy atom. The lowest BCUT2D eigenvalue weighted by Gasteiger charge is -2.43. The Balaban J connectivity index is 1.54. The fourth-order valence-corrected chi connectivity index (χ4v) is 4.84. The molecule has 0 radical (unpaired) electrons. The molecule has 2 saturated heterocycles. The third kappa shape index (κ3) is 4.18. The van der Waals surface area contributed by atoms with Crippen molar-refractivity contribution in [2.75, 3.05) is 6.54 Å².